The summed E-state index contributed by atoms with van der Waals surface area (Å²) in [6.07, 6.45) is 7.58. The van der Waals surface area contributed by atoms with E-state index in [1.807, 2.05) is 30.4 Å². The molecule has 0 unspecified atom stereocenters. The van der Waals surface area contributed by atoms with Crippen molar-refractivity contribution in [2.75, 3.05) is 6.54 Å². The van der Waals surface area contributed by atoms with Gasteiger partial charge in [-0.05, 0) is 43.1 Å². The van der Waals surface area contributed by atoms with Gasteiger partial charge >= 0.3 is 0 Å². The standard InChI is InChI=1S/C19H23NO3/c21-18(16-14-9-10-15(12-14)17(16)19(22)23)20-11-5-4-8-13-6-2-1-3-7-13/h1-3,6-7,9-10,14-17H,4-5,8,11-12H2,(H,20,21)(H,22,23)/p-1/t14-,15-,16-,17-/m0/s1. The Kier molecular flexibility index (Phi) is 4.79. The number of unbranched alkanes of at least 4 members (excludes halogenated alkanes) is 1. The van der Waals surface area contributed by atoms with Crippen molar-refractivity contribution in [3.63, 3.8) is 0 Å². The van der Waals surface area contributed by atoms with Gasteiger partial charge in [0, 0.05) is 18.4 Å². The molecular weight excluding hydrogens is 290 g/mol. The average Bonchev–Trinajstić information content (AvgIpc) is 3.16. The van der Waals surface area contributed by atoms with Gasteiger partial charge in [-0.15, -0.1) is 0 Å². The first-order valence-corrected chi connectivity index (χ1v) is 8.37. The highest BCUT2D eigenvalue weighted by atomic mass is 16.4. The van der Waals surface area contributed by atoms with Gasteiger partial charge in [0.25, 0.3) is 0 Å². The third-order valence-corrected chi connectivity index (χ3v) is 5.07. The van der Waals surface area contributed by atoms with Crippen molar-refractivity contribution in [3.05, 3.63) is 48.0 Å². The fraction of sp³-hybridized carbons (Fsp3) is 0.474. The number of rotatable bonds is 7. The Morgan fingerprint density at radius 3 is 2.43 bits per heavy atom. The Morgan fingerprint density at radius 2 is 1.74 bits per heavy atom. The van der Waals surface area contributed by atoms with Gasteiger partial charge in [-0.25, -0.2) is 0 Å². The Hall–Kier alpha value is -2.10. The molecule has 1 N–H and O–H groups in total. The molecular formula is C19H22NO3-. The SMILES string of the molecule is O=C([O-])[C@@H]1[C@@H](C(=O)NCCCCc2ccccc2)[C@H]2C=C[C@H]1C2. The number of amides is 1. The number of aliphatic carboxylic acids is 1. The number of hydrogen-bond donors (Lipinski definition) is 1. The molecule has 0 radical (unpaired) electrons. The topological polar surface area (TPSA) is 69.2 Å². The first-order chi connectivity index (χ1) is 11.2. The Morgan fingerprint density at radius 1 is 1.04 bits per heavy atom. The lowest BCUT2D eigenvalue weighted by molar-refractivity contribution is -0.313. The van der Waals surface area contributed by atoms with Gasteiger partial charge < -0.3 is 15.2 Å². The van der Waals surface area contributed by atoms with E-state index < -0.39 is 17.8 Å². The summed E-state index contributed by atoms with van der Waals surface area (Å²) in [7, 11) is 0. The zero-order valence-electron chi connectivity index (χ0n) is 13.1. The van der Waals surface area contributed by atoms with E-state index >= 15 is 0 Å². The normalized spacial score (nSPS) is 28.0. The summed E-state index contributed by atoms with van der Waals surface area (Å²) in [5, 5.41) is 14.2. The quantitative estimate of drug-likeness (QED) is 0.610. The van der Waals surface area contributed by atoms with E-state index in [9.17, 15) is 14.7 Å². The molecule has 1 saturated carbocycles. The maximum atomic E-state index is 12.3. The van der Waals surface area contributed by atoms with E-state index in [0.717, 1.165) is 25.7 Å². The Labute approximate surface area is 136 Å². The molecule has 0 saturated heterocycles. The second kappa shape index (κ2) is 6.99. The third-order valence-electron chi connectivity index (χ3n) is 5.07. The molecule has 0 heterocycles. The zero-order chi connectivity index (χ0) is 16.2. The lowest BCUT2D eigenvalue weighted by Crippen LogP contribution is -2.45. The molecule has 1 amide bonds. The first-order valence-electron chi connectivity index (χ1n) is 8.37. The van der Waals surface area contributed by atoms with Crippen molar-refractivity contribution in [3.8, 4) is 0 Å². The summed E-state index contributed by atoms with van der Waals surface area (Å²) in [5.74, 6) is -2.30. The monoisotopic (exact) mass is 312 g/mol. The van der Waals surface area contributed by atoms with Crippen molar-refractivity contribution in [2.24, 2.45) is 23.7 Å². The minimum absolute atomic E-state index is 0.0289. The summed E-state index contributed by atoms with van der Waals surface area (Å²) >= 11 is 0. The molecule has 0 aromatic heterocycles. The third kappa shape index (κ3) is 3.46. The van der Waals surface area contributed by atoms with Gasteiger partial charge in [-0.3, -0.25) is 4.79 Å². The fourth-order valence-electron chi connectivity index (χ4n) is 3.93. The second-order valence-electron chi connectivity index (χ2n) is 6.55. The predicted octanol–water partition coefficient (Wildman–Crippen LogP) is 1.31. The van der Waals surface area contributed by atoms with Gasteiger partial charge in [0.05, 0.1) is 5.92 Å². The molecule has 1 aromatic carbocycles. The van der Waals surface area contributed by atoms with Crippen molar-refractivity contribution in [1.29, 1.82) is 0 Å². The van der Waals surface area contributed by atoms with Crippen LogP contribution in [0.1, 0.15) is 24.8 Å². The van der Waals surface area contributed by atoms with Crippen molar-refractivity contribution in [2.45, 2.75) is 25.7 Å². The smallest absolute Gasteiger partial charge is 0.224 e. The number of carboxylic acids is 1. The lowest BCUT2D eigenvalue weighted by Gasteiger charge is -2.27. The summed E-state index contributed by atoms with van der Waals surface area (Å²) < 4.78 is 0. The number of aryl methyl sites for hydroxylation is 1. The zero-order valence-corrected chi connectivity index (χ0v) is 13.1. The fourth-order valence-corrected chi connectivity index (χ4v) is 3.93. The number of hydrogen-bond acceptors (Lipinski definition) is 3. The molecule has 0 aliphatic heterocycles. The van der Waals surface area contributed by atoms with Crippen molar-refractivity contribution >= 4 is 11.9 Å². The van der Waals surface area contributed by atoms with Crippen LogP contribution in [0.3, 0.4) is 0 Å². The van der Waals surface area contributed by atoms with Crippen LogP contribution in [0.15, 0.2) is 42.5 Å². The first kappa shape index (κ1) is 15.8. The van der Waals surface area contributed by atoms with Gasteiger partial charge in [0.2, 0.25) is 5.91 Å². The van der Waals surface area contributed by atoms with Gasteiger partial charge in [-0.1, -0.05) is 42.5 Å². The number of carbonyl (C=O) groups is 2. The van der Waals surface area contributed by atoms with Crippen LogP contribution in [-0.2, 0) is 16.0 Å². The van der Waals surface area contributed by atoms with Crippen LogP contribution in [0.2, 0.25) is 0 Å². The number of carbonyl (C=O) groups excluding carboxylic acids is 2. The number of allylic oxidation sites excluding steroid dienone is 2. The molecule has 1 fully saturated rings. The van der Waals surface area contributed by atoms with Gasteiger partial charge in [-0.2, -0.15) is 0 Å². The van der Waals surface area contributed by atoms with E-state index in [1.54, 1.807) is 0 Å². The lowest BCUT2D eigenvalue weighted by atomic mass is 9.82. The van der Waals surface area contributed by atoms with Crippen LogP contribution in [0.4, 0.5) is 0 Å². The maximum absolute atomic E-state index is 12.3. The molecule has 4 heteroatoms. The molecule has 4 nitrogen and oxygen atoms in total. The number of fused-ring (bicyclic) bond motifs is 2. The van der Waals surface area contributed by atoms with Crippen molar-refractivity contribution < 1.29 is 14.7 Å². The maximum Gasteiger partial charge on any atom is 0.224 e. The van der Waals surface area contributed by atoms with E-state index in [1.165, 1.54) is 5.56 Å². The highest BCUT2D eigenvalue weighted by molar-refractivity contribution is 5.86. The van der Waals surface area contributed by atoms with Gasteiger partial charge in [0.15, 0.2) is 0 Å². The molecule has 2 bridgehead atoms. The largest absolute Gasteiger partial charge is 0.550 e. The Bertz CT molecular complexity index is 596. The van der Waals surface area contributed by atoms with E-state index in [0.29, 0.717) is 6.54 Å². The molecule has 3 rings (SSSR count). The average molecular weight is 312 g/mol. The highest BCUT2D eigenvalue weighted by Crippen LogP contribution is 2.47. The number of nitrogens with one attached hydrogen (secondary N) is 1. The summed E-state index contributed by atoms with van der Waals surface area (Å²) in [4.78, 5) is 23.7. The molecule has 122 valence electrons. The van der Waals surface area contributed by atoms with Crippen LogP contribution >= 0.6 is 0 Å². The van der Waals surface area contributed by atoms with E-state index in [2.05, 4.69) is 17.4 Å². The summed E-state index contributed by atoms with van der Waals surface area (Å²) in [6, 6.07) is 10.3. The highest BCUT2D eigenvalue weighted by Gasteiger charge is 2.48. The van der Waals surface area contributed by atoms with E-state index in [4.69, 9.17) is 0 Å². The minimum Gasteiger partial charge on any atom is -0.550 e. The minimum atomic E-state index is -1.09. The molecule has 2 aliphatic rings. The van der Waals surface area contributed by atoms with Crippen LogP contribution in [0.25, 0.3) is 0 Å². The molecule has 2 aliphatic carbocycles. The summed E-state index contributed by atoms with van der Waals surface area (Å²) in [6.45, 7) is 0.600. The molecule has 4 atom stereocenters. The van der Waals surface area contributed by atoms with Crippen LogP contribution in [0, 0.1) is 23.7 Å². The van der Waals surface area contributed by atoms with Crippen LogP contribution < -0.4 is 10.4 Å². The summed E-state index contributed by atoms with van der Waals surface area (Å²) in [5.41, 5.74) is 1.30. The Balaban J connectivity index is 1.43. The number of carboxylic acid groups (broad SMARTS) is 1. The number of benzene rings is 1. The molecule has 23 heavy (non-hydrogen) atoms. The molecule has 0 spiro atoms. The van der Waals surface area contributed by atoms with Crippen molar-refractivity contribution in [1.82, 2.24) is 5.32 Å². The predicted molar refractivity (Wildman–Crippen MR) is 85.1 cm³/mol. The van der Waals surface area contributed by atoms with Gasteiger partial charge in [0.1, 0.15) is 0 Å². The van der Waals surface area contributed by atoms with Crippen LogP contribution in [0.5, 0.6) is 0 Å². The van der Waals surface area contributed by atoms with E-state index in [-0.39, 0.29) is 17.7 Å². The molecule has 1 aromatic rings. The van der Waals surface area contributed by atoms with Crippen LogP contribution in [-0.4, -0.2) is 18.4 Å². The second-order valence-corrected chi connectivity index (χ2v) is 6.55.